The SMILES string of the molecule is COc1ccc(-c2c(C(=O)O)c(C)nc3ccc(Cl)cc23)cc1OC. The zero-order valence-electron chi connectivity index (χ0n) is 14.0. The maximum absolute atomic E-state index is 11.9. The van der Waals surface area contributed by atoms with Crippen molar-refractivity contribution < 1.29 is 19.4 Å². The number of benzene rings is 2. The molecule has 1 aromatic heterocycles. The second kappa shape index (κ2) is 6.61. The first-order valence-electron chi connectivity index (χ1n) is 7.51. The Morgan fingerprint density at radius 3 is 2.44 bits per heavy atom. The minimum absolute atomic E-state index is 0.141. The molecule has 0 aliphatic rings. The van der Waals surface area contributed by atoms with Crippen LogP contribution in [0.1, 0.15) is 16.1 Å². The molecule has 0 saturated carbocycles. The van der Waals surface area contributed by atoms with Crippen LogP contribution in [0.4, 0.5) is 0 Å². The predicted octanol–water partition coefficient (Wildman–Crippen LogP) is 4.58. The molecule has 0 aliphatic carbocycles. The summed E-state index contributed by atoms with van der Waals surface area (Å²) in [5.41, 5.74) is 2.50. The van der Waals surface area contributed by atoms with Crippen LogP contribution in [0.3, 0.4) is 0 Å². The van der Waals surface area contributed by atoms with Gasteiger partial charge in [0.15, 0.2) is 11.5 Å². The highest BCUT2D eigenvalue weighted by molar-refractivity contribution is 6.31. The lowest BCUT2D eigenvalue weighted by atomic mass is 9.94. The molecule has 0 amide bonds. The van der Waals surface area contributed by atoms with Gasteiger partial charge in [0.05, 0.1) is 31.0 Å². The van der Waals surface area contributed by atoms with Crippen molar-refractivity contribution in [3.63, 3.8) is 0 Å². The number of ether oxygens (including phenoxy) is 2. The van der Waals surface area contributed by atoms with Gasteiger partial charge in [0.1, 0.15) is 0 Å². The Hall–Kier alpha value is -2.79. The van der Waals surface area contributed by atoms with Crippen molar-refractivity contribution >= 4 is 28.5 Å². The van der Waals surface area contributed by atoms with E-state index in [2.05, 4.69) is 4.98 Å². The number of carboxylic acid groups (broad SMARTS) is 1. The first-order valence-corrected chi connectivity index (χ1v) is 7.89. The summed E-state index contributed by atoms with van der Waals surface area (Å²) in [6, 6.07) is 10.5. The van der Waals surface area contributed by atoms with Gasteiger partial charge in [0, 0.05) is 16.0 Å². The number of carboxylic acids is 1. The number of rotatable bonds is 4. The Kier molecular flexibility index (Phi) is 4.51. The van der Waals surface area contributed by atoms with E-state index in [-0.39, 0.29) is 5.56 Å². The molecule has 1 heterocycles. The maximum Gasteiger partial charge on any atom is 0.338 e. The number of aromatic carboxylic acids is 1. The summed E-state index contributed by atoms with van der Waals surface area (Å²) >= 11 is 6.14. The van der Waals surface area contributed by atoms with E-state index in [1.54, 1.807) is 50.4 Å². The molecule has 0 unspecified atom stereocenters. The van der Waals surface area contributed by atoms with Gasteiger partial charge in [-0.2, -0.15) is 0 Å². The van der Waals surface area contributed by atoms with Gasteiger partial charge >= 0.3 is 5.97 Å². The average molecular weight is 358 g/mol. The Bertz CT molecular complexity index is 985. The number of pyridine rings is 1. The van der Waals surface area contributed by atoms with E-state index in [4.69, 9.17) is 21.1 Å². The van der Waals surface area contributed by atoms with Crippen molar-refractivity contribution in [2.75, 3.05) is 14.2 Å². The van der Waals surface area contributed by atoms with E-state index in [9.17, 15) is 9.90 Å². The quantitative estimate of drug-likeness (QED) is 0.740. The first kappa shape index (κ1) is 17.0. The summed E-state index contributed by atoms with van der Waals surface area (Å²) in [6.07, 6.45) is 0. The maximum atomic E-state index is 11.9. The third-order valence-electron chi connectivity index (χ3n) is 4.01. The van der Waals surface area contributed by atoms with Crippen molar-refractivity contribution in [3.8, 4) is 22.6 Å². The monoisotopic (exact) mass is 357 g/mol. The summed E-state index contributed by atoms with van der Waals surface area (Å²) in [6.45, 7) is 1.68. The second-order valence-electron chi connectivity index (χ2n) is 5.48. The molecule has 0 aliphatic heterocycles. The third-order valence-corrected chi connectivity index (χ3v) is 4.25. The van der Waals surface area contributed by atoms with E-state index < -0.39 is 5.97 Å². The van der Waals surface area contributed by atoms with E-state index in [0.29, 0.717) is 44.2 Å². The highest BCUT2D eigenvalue weighted by Gasteiger charge is 2.21. The molecule has 2 aromatic carbocycles. The van der Waals surface area contributed by atoms with Gasteiger partial charge in [-0.25, -0.2) is 4.79 Å². The van der Waals surface area contributed by atoms with Crippen molar-refractivity contribution in [2.45, 2.75) is 6.92 Å². The minimum Gasteiger partial charge on any atom is -0.493 e. The fourth-order valence-electron chi connectivity index (χ4n) is 2.91. The minimum atomic E-state index is -1.04. The molecule has 0 atom stereocenters. The fraction of sp³-hybridized carbons (Fsp3) is 0.158. The fourth-order valence-corrected chi connectivity index (χ4v) is 3.08. The molecular formula is C19H16ClNO4. The van der Waals surface area contributed by atoms with Gasteiger partial charge in [-0.3, -0.25) is 4.98 Å². The molecule has 3 rings (SSSR count). The van der Waals surface area contributed by atoms with Crippen molar-refractivity contribution in [3.05, 3.63) is 52.7 Å². The van der Waals surface area contributed by atoms with Gasteiger partial charge in [0.2, 0.25) is 0 Å². The van der Waals surface area contributed by atoms with Crippen molar-refractivity contribution in [1.29, 1.82) is 0 Å². The number of nitrogens with zero attached hydrogens (tertiary/aromatic N) is 1. The number of halogens is 1. The molecule has 25 heavy (non-hydrogen) atoms. The predicted molar refractivity (Wildman–Crippen MR) is 97.0 cm³/mol. The highest BCUT2D eigenvalue weighted by atomic mass is 35.5. The van der Waals surface area contributed by atoms with Crippen LogP contribution in [0.15, 0.2) is 36.4 Å². The largest absolute Gasteiger partial charge is 0.493 e. The number of fused-ring (bicyclic) bond motifs is 1. The summed E-state index contributed by atoms with van der Waals surface area (Å²) < 4.78 is 10.6. The highest BCUT2D eigenvalue weighted by Crippen LogP contribution is 2.38. The van der Waals surface area contributed by atoms with Crippen LogP contribution in [0.5, 0.6) is 11.5 Å². The first-order chi connectivity index (χ1) is 12.0. The summed E-state index contributed by atoms with van der Waals surface area (Å²) in [4.78, 5) is 16.3. The number of methoxy groups -OCH3 is 2. The smallest absolute Gasteiger partial charge is 0.338 e. The molecule has 1 N–H and O–H groups in total. The molecule has 5 nitrogen and oxygen atoms in total. The lowest BCUT2D eigenvalue weighted by molar-refractivity contribution is 0.0696. The zero-order valence-corrected chi connectivity index (χ0v) is 14.7. The molecule has 0 saturated heterocycles. The van der Waals surface area contributed by atoms with Crippen LogP contribution in [-0.2, 0) is 0 Å². The van der Waals surface area contributed by atoms with Crippen LogP contribution >= 0.6 is 11.6 Å². The normalized spacial score (nSPS) is 10.7. The lowest BCUT2D eigenvalue weighted by Gasteiger charge is -2.15. The topological polar surface area (TPSA) is 68.7 Å². The molecule has 0 radical (unpaired) electrons. The van der Waals surface area contributed by atoms with Crippen LogP contribution in [0.25, 0.3) is 22.0 Å². The summed E-state index contributed by atoms with van der Waals surface area (Å²) in [5, 5.41) is 10.9. The van der Waals surface area contributed by atoms with Gasteiger partial charge in [-0.1, -0.05) is 17.7 Å². The summed E-state index contributed by atoms with van der Waals surface area (Å²) in [5.74, 6) is 0.0360. The summed E-state index contributed by atoms with van der Waals surface area (Å²) in [7, 11) is 3.08. The third kappa shape index (κ3) is 2.98. The van der Waals surface area contributed by atoms with Gasteiger partial charge in [0.25, 0.3) is 0 Å². The number of hydrogen-bond donors (Lipinski definition) is 1. The molecular weight excluding hydrogens is 342 g/mol. The Labute approximate surface area is 149 Å². The number of hydrogen-bond acceptors (Lipinski definition) is 4. The van der Waals surface area contributed by atoms with Gasteiger partial charge in [-0.15, -0.1) is 0 Å². The van der Waals surface area contributed by atoms with Crippen LogP contribution in [0.2, 0.25) is 5.02 Å². The molecule has 3 aromatic rings. The molecule has 128 valence electrons. The zero-order chi connectivity index (χ0) is 18.1. The standard InChI is InChI=1S/C19H16ClNO4/c1-10-17(19(22)23)18(13-9-12(20)5-6-14(13)21-10)11-4-7-15(24-2)16(8-11)25-3/h4-9H,1-3H3,(H,22,23). The van der Waals surface area contributed by atoms with E-state index in [1.165, 1.54) is 7.11 Å². The van der Waals surface area contributed by atoms with E-state index in [1.807, 2.05) is 0 Å². The van der Waals surface area contributed by atoms with Crippen molar-refractivity contribution in [2.24, 2.45) is 0 Å². The lowest BCUT2D eigenvalue weighted by Crippen LogP contribution is -2.06. The van der Waals surface area contributed by atoms with E-state index >= 15 is 0 Å². The number of aromatic nitrogens is 1. The Balaban J connectivity index is 2.43. The van der Waals surface area contributed by atoms with Crippen molar-refractivity contribution in [1.82, 2.24) is 4.98 Å². The van der Waals surface area contributed by atoms with Gasteiger partial charge in [-0.05, 0) is 42.8 Å². The molecule has 6 heteroatoms. The molecule has 0 fully saturated rings. The Morgan fingerprint density at radius 1 is 1.08 bits per heavy atom. The van der Waals surface area contributed by atoms with E-state index in [0.717, 1.165) is 0 Å². The van der Waals surface area contributed by atoms with Gasteiger partial charge < -0.3 is 14.6 Å². The number of carbonyl (C=O) groups is 1. The second-order valence-corrected chi connectivity index (χ2v) is 5.92. The Morgan fingerprint density at radius 2 is 1.80 bits per heavy atom. The number of aryl methyl sites for hydroxylation is 1. The van der Waals surface area contributed by atoms with Crippen LogP contribution < -0.4 is 9.47 Å². The molecule has 0 bridgehead atoms. The van der Waals surface area contributed by atoms with Crippen LogP contribution in [-0.4, -0.2) is 30.3 Å². The average Bonchev–Trinajstić information content (AvgIpc) is 2.60. The van der Waals surface area contributed by atoms with Crippen LogP contribution in [0, 0.1) is 6.92 Å². The molecule has 0 spiro atoms.